The van der Waals surface area contributed by atoms with E-state index in [1.54, 1.807) is 0 Å². The highest BCUT2D eigenvalue weighted by atomic mass is 16.5. The van der Waals surface area contributed by atoms with Crippen molar-refractivity contribution >= 4 is 34.1 Å². The number of nitrogens with zero attached hydrogens (tertiary/aromatic N) is 2. The van der Waals surface area contributed by atoms with Gasteiger partial charge in [0.05, 0.1) is 22.7 Å². The third-order valence-corrected chi connectivity index (χ3v) is 11.4. The van der Waals surface area contributed by atoms with Gasteiger partial charge in [-0.2, -0.15) is 0 Å². The Hall–Kier alpha value is -6.06. The number of benzene rings is 7. The molecule has 0 aromatic heterocycles. The molecule has 0 radical (unpaired) electrons. The maximum Gasteiger partial charge on any atom is 0.152 e. The number of fused-ring (bicyclic) bond motifs is 7. The van der Waals surface area contributed by atoms with Gasteiger partial charge in [0.2, 0.25) is 0 Å². The number of hydrogen-bond acceptors (Lipinski definition) is 3. The van der Waals surface area contributed by atoms with E-state index in [0.717, 1.165) is 45.4 Å². The zero-order valence-electron chi connectivity index (χ0n) is 29.3. The number of anilines is 6. The van der Waals surface area contributed by atoms with Crippen LogP contribution < -0.4 is 14.5 Å². The van der Waals surface area contributed by atoms with Gasteiger partial charge in [-0.05, 0) is 111 Å². The van der Waals surface area contributed by atoms with Gasteiger partial charge in [-0.3, -0.25) is 0 Å². The molecule has 0 amide bonds. The molecule has 0 fully saturated rings. The van der Waals surface area contributed by atoms with Crippen LogP contribution in [0.2, 0.25) is 0 Å². The molecule has 51 heavy (non-hydrogen) atoms. The molecule has 0 unspecified atom stereocenters. The SMILES string of the molecule is CC1(C)c2ccccc2-c2cc3c(cc21)N(c1ccc(-c2ccc4c(c2)Oc2ccccc2N4c2ccccc2)cc1)c1ccccc1C3(C)C. The minimum atomic E-state index is -0.158. The second-order valence-electron chi connectivity index (χ2n) is 15.0. The molecule has 7 aromatic carbocycles. The second-order valence-corrected chi connectivity index (χ2v) is 15.0. The first-order chi connectivity index (χ1) is 24.8. The van der Waals surface area contributed by atoms with Crippen LogP contribution in [0.3, 0.4) is 0 Å². The van der Waals surface area contributed by atoms with Crippen molar-refractivity contribution in [1.29, 1.82) is 0 Å². The third kappa shape index (κ3) is 4.31. The molecule has 3 nitrogen and oxygen atoms in total. The molecule has 0 N–H and O–H groups in total. The van der Waals surface area contributed by atoms with Crippen LogP contribution in [0, 0.1) is 0 Å². The molecule has 0 atom stereocenters. The van der Waals surface area contributed by atoms with Gasteiger partial charge in [0.1, 0.15) is 0 Å². The van der Waals surface area contributed by atoms with Crippen LogP contribution >= 0.6 is 0 Å². The summed E-state index contributed by atoms with van der Waals surface area (Å²) in [6.45, 7) is 9.48. The number of hydrogen-bond donors (Lipinski definition) is 0. The van der Waals surface area contributed by atoms with Crippen LogP contribution in [0.15, 0.2) is 158 Å². The molecular weight excluding hydrogens is 621 g/mol. The normalized spacial score (nSPS) is 15.5. The Morgan fingerprint density at radius 1 is 0.373 bits per heavy atom. The predicted octanol–water partition coefficient (Wildman–Crippen LogP) is 13.3. The lowest BCUT2D eigenvalue weighted by Gasteiger charge is -2.43. The fraction of sp³-hybridized carbons (Fsp3) is 0.125. The van der Waals surface area contributed by atoms with E-state index >= 15 is 0 Å². The van der Waals surface area contributed by atoms with Gasteiger partial charge in [0.25, 0.3) is 0 Å². The Bertz CT molecular complexity index is 2510. The smallest absolute Gasteiger partial charge is 0.152 e. The van der Waals surface area contributed by atoms with Crippen molar-refractivity contribution < 1.29 is 4.74 Å². The van der Waals surface area contributed by atoms with Crippen LogP contribution in [0.25, 0.3) is 22.3 Å². The highest BCUT2D eigenvalue weighted by Gasteiger charge is 2.42. The van der Waals surface area contributed by atoms with Gasteiger partial charge >= 0.3 is 0 Å². The summed E-state index contributed by atoms with van der Waals surface area (Å²) in [6, 6.07) is 57.2. The molecule has 0 saturated heterocycles. The van der Waals surface area contributed by atoms with Crippen LogP contribution in [-0.4, -0.2) is 0 Å². The third-order valence-electron chi connectivity index (χ3n) is 11.4. The lowest BCUT2D eigenvalue weighted by molar-refractivity contribution is 0.477. The standard InChI is InChI=1S/C48H38N2O/c1-47(2)37-17-9-8-16-35(37)36-29-40-44(30-39(36)47)49(41-19-11-10-18-38(41)48(40,3)4)34-25-22-31(23-26-34)32-24-27-43-46(28-32)51-45-21-13-12-20-42(45)50(43)33-14-6-5-7-15-33/h5-30H,1-4H3. The van der Waals surface area contributed by atoms with E-state index in [-0.39, 0.29) is 10.8 Å². The first-order valence-electron chi connectivity index (χ1n) is 17.9. The summed E-state index contributed by atoms with van der Waals surface area (Å²) >= 11 is 0. The first kappa shape index (κ1) is 29.8. The Morgan fingerprint density at radius 3 is 1.76 bits per heavy atom. The average Bonchev–Trinajstić information content (AvgIpc) is 3.39. The summed E-state index contributed by atoms with van der Waals surface area (Å²) < 4.78 is 6.53. The van der Waals surface area contributed by atoms with Crippen molar-refractivity contribution in [3.63, 3.8) is 0 Å². The highest BCUT2D eigenvalue weighted by Crippen LogP contribution is 2.58. The van der Waals surface area contributed by atoms with Crippen LogP contribution in [0.5, 0.6) is 11.5 Å². The Balaban J connectivity index is 1.07. The van der Waals surface area contributed by atoms with Gasteiger partial charge in [0.15, 0.2) is 11.5 Å². The topological polar surface area (TPSA) is 15.7 Å². The molecule has 10 rings (SSSR count). The summed E-state index contributed by atoms with van der Waals surface area (Å²) in [5.74, 6) is 1.70. The van der Waals surface area contributed by atoms with Crippen molar-refractivity contribution in [3.05, 3.63) is 180 Å². The van der Waals surface area contributed by atoms with Crippen molar-refractivity contribution in [2.24, 2.45) is 0 Å². The van der Waals surface area contributed by atoms with Gasteiger partial charge in [-0.25, -0.2) is 0 Å². The molecule has 3 aliphatic rings. The quantitative estimate of drug-likeness (QED) is 0.188. The van der Waals surface area contributed by atoms with Crippen molar-refractivity contribution in [2.45, 2.75) is 38.5 Å². The number of rotatable bonds is 3. The lowest BCUT2D eigenvalue weighted by Crippen LogP contribution is -2.31. The summed E-state index contributed by atoms with van der Waals surface area (Å²) in [5, 5.41) is 0. The molecular formula is C48H38N2O. The van der Waals surface area contributed by atoms with E-state index in [0.29, 0.717) is 0 Å². The fourth-order valence-corrected chi connectivity index (χ4v) is 8.77. The van der Waals surface area contributed by atoms with Gasteiger partial charge in [0, 0.05) is 22.2 Å². The summed E-state index contributed by atoms with van der Waals surface area (Å²) in [7, 11) is 0. The maximum absolute atomic E-state index is 6.53. The largest absolute Gasteiger partial charge is 0.453 e. The zero-order valence-corrected chi connectivity index (χ0v) is 29.3. The van der Waals surface area contributed by atoms with E-state index in [1.807, 2.05) is 12.1 Å². The number of ether oxygens (including phenoxy) is 1. The monoisotopic (exact) mass is 658 g/mol. The van der Waals surface area contributed by atoms with Gasteiger partial charge in [-0.15, -0.1) is 0 Å². The van der Waals surface area contributed by atoms with Crippen molar-refractivity contribution in [2.75, 3.05) is 9.80 Å². The van der Waals surface area contributed by atoms with E-state index in [1.165, 1.54) is 44.8 Å². The molecule has 2 aliphatic heterocycles. The van der Waals surface area contributed by atoms with Crippen LogP contribution in [-0.2, 0) is 10.8 Å². The molecule has 246 valence electrons. The summed E-state index contributed by atoms with van der Waals surface area (Å²) in [4.78, 5) is 4.76. The van der Waals surface area contributed by atoms with E-state index in [9.17, 15) is 0 Å². The van der Waals surface area contributed by atoms with Crippen LogP contribution in [0.1, 0.15) is 49.9 Å². The zero-order chi connectivity index (χ0) is 34.5. The fourth-order valence-electron chi connectivity index (χ4n) is 8.77. The number of para-hydroxylation sites is 4. The first-order valence-corrected chi connectivity index (χ1v) is 17.9. The molecule has 0 bridgehead atoms. The molecule has 7 aromatic rings. The molecule has 1 aliphatic carbocycles. The summed E-state index contributed by atoms with van der Waals surface area (Å²) in [6.07, 6.45) is 0. The molecule has 3 heteroatoms. The van der Waals surface area contributed by atoms with E-state index in [4.69, 9.17) is 4.74 Å². The van der Waals surface area contributed by atoms with Gasteiger partial charge < -0.3 is 14.5 Å². The predicted molar refractivity (Wildman–Crippen MR) is 211 cm³/mol. The minimum absolute atomic E-state index is 0.0806. The molecule has 0 spiro atoms. The lowest BCUT2D eigenvalue weighted by atomic mass is 9.72. The Morgan fingerprint density at radius 2 is 0.961 bits per heavy atom. The molecule has 2 heterocycles. The van der Waals surface area contributed by atoms with Crippen molar-refractivity contribution in [3.8, 4) is 33.8 Å². The second kappa shape index (κ2) is 10.7. The minimum Gasteiger partial charge on any atom is -0.453 e. The summed E-state index contributed by atoms with van der Waals surface area (Å²) in [5.41, 5.74) is 17.0. The average molecular weight is 659 g/mol. The van der Waals surface area contributed by atoms with E-state index < -0.39 is 0 Å². The van der Waals surface area contributed by atoms with Crippen LogP contribution in [0.4, 0.5) is 34.1 Å². The van der Waals surface area contributed by atoms with E-state index in [2.05, 4.69) is 183 Å². The van der Waals surface area contributed by atoms with Crippen molar-refractivity contribution in [1.82, 2.24) is 0 Å². The van der Waals surface area contributed by atoms with Gasteiger partial charge in [-0.1, -0.05) is 119 Å². The Labute approximate surface area is 300 Å². The maximum atomic E-state index is 6.53. The highest BCUT2D eigenvalue weighted by molar-refractivity contribution is 5.92. The molecule has 0 saturated carbocycles. The Kier molecular flexibility index (Phi) is 6.27.